The van der Waals surface area contributed by atoms with Crippen LogP contribution < -0.4 is 9.46 Å². The van der Waals surface area contributed by atoms with Crippen molar-refractivity contribution in [3.8, 4) is 5.88 Å². The van der Waals surface area contributed by atoms with Gasteiger partial charge in [0.1, 0.15) is 5.69 Å². The first kappa shape index (κ1) is 14.4. The van der Waals surface area contributed by atoms with Gasteiger partial charge in [-0.1, -0.05) is 18.2 Å². The summed E-state index contributed by atoms with van der Waals surface area (Å²) in [5.41, 5.74) is -5.31. The van der Waals surface area contributed by atoms with Gasteiger partial charge in [-0.2, -0.15) is 21.6 Å². The van der Waals surface area contributed by atoms with Crippen LogP contribution in [0.25, 0.3) is 10.9 Å². The van der Waals surface area contributed by atoms with Crippen LogP contribution in [0, 0.1) is 0 Å². The fraction of sp³-hybridized carbons (Fsp3) is 0.182. The number of nitrogens with one attached hydrogen (secondary N) is 1. The van der Waals surface area contributed by atoms with Gasteiger partial charge in [0, 0.05) is 5.39 Å². The number of hydrogen-bond donors (Lipinski definition) is 1. The van der Waals surface area contributed by atoms with Gasteiger partial charge in [0.25, 0.3) is 0 Å². The second-order valence-corrected chi connectivity index (χ2v) is 5.46. The summed E-state index contributed by atoms with van der Waals surface area (Å²) in [6.45, 7) is 0. The Hall–Kier alpha value is -2.03. The summed E-state index contributed by atoms with van der Waals surface area (Å²) in [6.07, 6.45) is 0. The van der Waals surface area contributed by atoms with E-state index in [9.17, 15) is 21.6 Å². The van der Waals surface area contributed by atoms with Gasteiger partial charge in [-0.25, -0.2) is 4.98 Å². The molecule has 5 nitrogen and oxygen atoms in total. The van der Waals surface area contributed by atoms with E-state index in [-0.39, 0.29) is 11.6 Å². The van der Waals surface area contributed by atoms with E-state index in [1.54, 1.807) is 24.3 Å². The molecule has 0 amide bonds. The maximum atomic E-state index is 12.4. The molecule has 9 heteroatoms. The number of nitrogens with zero attached hydrogens (tertiary/aromatic N) is 1. The molecule has 2 aromatic rings. The Kier molecular flexibility index (Phi) is 3.46. The van der Waals surface area contributed by atoms with E-state index in [2.05, 4.69) is 4.98 Å². The molecule has 0 saturated heterocycles. The van der Waals surface area contributed by atoms with Crippen LogP contribution in [-0.2, 0) is 10.0 Å². The number of rotatable bonds is 3. The van der Waals surface area contributed by atoms with E-state index in [4.69, 9.17) is 4.74 Å². The molecule has 0 radical (unpaired) electrons. The molecule has 20 heavy (non-hydrogen) atoms. The molecule has 0 bridgehead atoms. The maximum Gasteiger partial charge on any atom is 0.516 e. The predicted octanol–water partition coefficient (Wildman–Crippen LogP) is 2.50. The lowest BCUT2D eigenvalue weighted by atomic mass is 10.2. The number of halogens is 3. The van der Waals surface area contributed by atoms with Crippen LogP contribution in [0.1, 0.15) is 0 Å². The van der Waals surface area contributed by atoms with Crippen molar-refractivity contribution in [2.24, 2.45) is 0 Å². The van der Waals surface area contributed by atoms with E-state index in [0.29, 0.717) is 10.9 Å². The van der Waals surface area contributed by atoms with Crippen LogP contribution >= 0.6 is 0 Å². The number of alkyl halides is 3. The van der Waals surface area contributed by atoms with Crippen LogP contribution in [0.3, 0.4) is 0 Å². The zero-order valence-electron chi connectivity index (χ0n) is 10.1. The largest absolute Gasteiger partial charge is 0.516 e. The van der Waals surface area contributed by atoms with Gasteiger partial charge in [0.15, 0.2) is 0 Å². The molecule has 1 aromatic heterocycles. The normalized spacial score (nSPS) is 12.4. The molecule has 108 valence electrons. The average Bonchev–Trinajstić information content (AvgIpc) is 2.36. The molecule has 0 unspecified atom stereocenters. The van der Waals surface area contributed by atoms with Crippen molar-refractivity contribution < 1.29 is 26.3 Å². The highest BCUT2D eigenvalue weighted by molar-refractivity contribution is 7.93. The highest BCUT2D eigenvalue weighted by atomic mass is 32.2. The highest BCUT2D eigenvalue weighted by Crippen LogP contribution is 2.31. The van der Waals surface area contributed by atoms with Crippen molar-refractivity contribution in [2.75, 3.05) is 11.8 Å². The first-order valence-electron chi connectivity index (χ1n) is 5.27. The van der Waals surface area contributed by atoms with Crippen molar-refractivity contribution in [1.82, 2.24) is 4.98 Å². The number of fused-ring (bicyclic) bond motifs is 1. The van der Waals surface area contributed by atoms with Gasteiger partial charge in [-0.3, -0.25) is 4.72 Å². The molecule has 0 aliphatic rings. The first-order chi connectivity index (χ1) is 9.24. The number of hydrogen-bond acceptors (Lipinski definition) is 4. The fourth-order valence-corrected chi connectivity index (χ4v) is 2.08. The van der Waals surface area contributed by atoms with Crippen LogP contribution in [0.2, 0.25) is 0 Å². The molecule has 0 saturated carbocycles. The molecule has 1 aromatic carbocycles. The lowest BCUT2D eigenvalue weighted by Gasteiger charge is -2.13. The highest BCUT2D eigenvalue weighted by Gasteiger charge is 2.46. The third-order valence-corrected chi connectivity index (χ3v) is 3.53. The smallest absolute Gasteiger partial charge is 0.479 e. The lowest BCUT2D eigenvalue weighted by molar-refractivity contribution is -0.0429. The monoisotopic (exact) mass is 306 g/mol. The van der Waals surface area contributed by atoms with E-state index in [1.807, 2.05) is 0 Å². The van der Waals surface area contributed by atoms with Crippen LogP contribution in [0.15, 0.2) is 30.3 Å². The van der Waals surface area contributed by atoms with Crippen LogP contribution in [-0.4, -0.2) is 26.0 Å². The van der Waals surface area contributed by atoms with Gasteiger partial charge in [-0.15, -0.1) is 0 Å². The quantitative estimate of drug-likeness (QED) is 0.946. The fourth-order valence-electron chi connectivity index (χ4n) is 1.53. The van der Waals surface area contributed by atoms with Crippen molar-refractivity contribution in [2.45, 2.75) is 5.51 Å². The van der Waals surface area contributed by atoms with Crippen molar-refractivity contribution >= 4 is 26.6 Å². The van der Waals surface area contributed by atoms with Crippen LogP contribution in [0.4, 0.5) is 18.9 Å². The Labute approximate surface area is 112 Å². The third-order valence-electron chi connectivity index (χ3n) is 2.43. The number of para-hydroxylation sites is 1. The summed E-state index contributed by atoms with van der Waals surface area (Å²) in [7, 11) is -4.34. The zero-order chi connectivity index (χ0) is 15.0. The molecule has 2 rings (SSSR count). The molecule has 0 aliphatic heterocycles. The summed E-state index contributed by atoms with van der Waals surface area (Å²) in [4.78, 5) is 3.94. The number of benzene rings is 1. The molecule has 1 heterocycles. The van der Waals surface area contributed by atoms with E-state index >= 15 is 0 Å². The minimum absolute atomic E-state index is 0.239. The number of methoxy groups -OCH3 is 1. The van der Waals surface area contributed by atoms with E-state index in [0.717, 1.165) is 0 Å². The molecule has 0 atom stereocenters. The van der Waals surface area contributed by atoms with Crippen molar-refractivity contribution in [1.29, 1.82) is 0 Å². The minimum atomic E-state index is -5.52. The Morgan fingerprint density at radius 1 is 1.25 bits per heavy atom. The Morgan fingerprint density at radius 3 is 2.50 bits per heavy atom. The molecule has 0 aliphatic carbocycles. The SMILES string of the molecule is COc1nc2ccccc2cc1NS(=O)(=O)C(F)(F)F. The maximum absolute atomic E-state index is 12.4. The van der Waals surface area contributed by atoms with Gasteiger partial charge in [-0.05, 0) is 12.1 Å². The van der Waals surface area contributed by atoms with Crippen molar-refractivity contribution in [3.05, 3.63) is 30.3 Å². The number of ether oxygens (including phenoxy) is 1. The van der Waals surface area contributed by atoms with E-state index in [1.165, 1.54) is 17.9 Å². The first-order valence-corrected chi connectivity index (χ1v) is 6.76. The molecule has 1 N–H and O–H groups in total. The zero-order valence-corrected chi connectivity index (χ0v) is 10.9. The summed E-state index contributed by atoms with van der Waals surface area (Å²) in [6, 6.07) is 7.78. The Morgan fingerprint density at radius 2 is 1.90 bits per heavy atom. The van der Waals surface area contributed by atoms with Gasteiger partial charge >= 0.3 is 15.5 Å². The number of sulfonamides is 1. The average molecular weight is 306 g/mol. The van der Waals surface area contributed by atoms with Gasteiger partial charge in [0.2, 0.25) is 5.88 Å². The molecule has 0 spiro atoms. The van der Waals surface area contributed by atoms with E-state index < -0.39 is 15.5 Å². The Balaban J connectivity index is 2.54. The summed E-state index contributed by atoms with van der Waals surface area (Å²) in [5.74, 6) is -0.239. The number of anilines is 1. The standard InChI is InChI=1S/C11H9F3N2O3S/c1-19-10-9(16-20(17,18)11(12,13)14)6-7-4-2-3-5-8(7)15-10/h2-6,16H,1H3. The van der Waals surface area contributed by atoms with Gasteiger partial charge in [0.05, 0.1) is 12.6 Å². The second-order valence-electron chi connectivity index (χ2n) is 3.79. The number of aromatic nitrogens is 1. The van der Waals surface area contributed by atoms with Crippen LogP contribution in [0.5, 0.6) is 5.88 Å². The lowest BCUT2D eigenvalue weighted by Crippen LogP contribution is -2.30. The third kappa shape index (κ3) is 2.62. The van der Waals surface area contributed by atoms with Crippen molar-refractivity contribution in [3.63, 3.8) is 0 Å². The predicted molar refractivity (Wildman–Crippen MR) is 66.9 cm³/mol. The summed E-state index contributed by atoms with van der Waals surface area (Å²) < 4.78 is 65.5. The summed E-state index contributed by atoms with van der Waals surface area (Å²) in [5, 5.41) is 0.480. The molecule has 0 fully saturated rings. The summed E-state index contributed by atoms with van der Waals surface area (Å²) >= 11 is 0. The topological polar surface area (TPSA) is 68.3 Å². The second kappa shape index (κ2) is 4.82. The number of pyridine rings is 1. The molecular formula is C11H9F3N2O3S. The van der Waals surface area contributed by atoms with Gasteiger partial charge < -0.3 is 4.74 Å². The Bertz CT molecular complexity index is 744. The minimum Gasteiger partial charge on any atom is -0.479 e. The molecular weight excluding hydrogens is 297 g/mol.